The molecule has 8 heteroatoms. The number of carbonyl (C=O) groups excluding carboxylic acids is 1. The molecule has 118 valence electrons. The maximum atomic E-state index is 13.3. The van der Waals surface area contributed by atoms with Crippen molar-refractivity contribution in [1.29, 1.82) is 0 Å². The molecule has 6 nitrogen and oxygen atoms in total. The molecule has 1 atom stereocenters. The van der Waals surface area contributed by atoms with Crippen molar-refractivity contribution in [1.82, 2.24) is 25.5 Å². The zero-order chi connectivity index (χ0) is 15.9. The van der Waals surface area contributed by atoms with E-state index in [4.69, 9.17) is 0 Å². The highest BCUT2D eigenvalue weighted by atomic mass is 32.2. The van der Waals surface area contributed by atoms with E-state index in [1.165, 1.54) is 28.6 Å². The third kappa shape index (κ3) is 4.52. The fraction of sp³-hybridized carbons (Fsp3) is 0.429. The van der Waals surface area contributed by atoms with Crippen LogP contribution < -0.4 is 5.32 Å². The van der Waals surface area contributed by atoms with Crippen LogP contribution in [-0.4, -0.2) is 37.9 Å². The molecule has 22 heavy (non-hydrogen) atoms. The first-order valence-electron chi connectivity index (χ1n) is 7.06. The van der Waals surface area contributed by atoms with Crippen molar-refractivity contribution in [3.63, 3.8) is 0 Å². The highest BCUT2D eigenvalue weighted by Gasteiger charge is 2.13. The van der Waals surface area contributed by atoms with Crippen LogP contribution in [0.25, 0.3) is 5.69 Å². The summed E-state index contributed by atoms with van der Waals surface area (Å²) in [6, 6.07) is 6.12. The summed E-state index contributed by atoms with van der Waals surface area (Å²) in [6.07, 6.45) is 1.96. The van der Waals surface area contributed by atoms with Gasteiger partial charge in [0, 0.05) is 6.04 Å². The molecule has 1 N–H and O–H groups in total. The first kappa shape index (κ1) is 16.4. The van der Waals surface area contributed by atoms with Gasteiger partial charge in [0.1, 0.15) is 5.82 Å². The molecule has 1 heterocycles. The fourth-order valence-electron chi connectivity index (χ4n) is 1.99. The first-order valence-corrected chi connectivity index (χ1v) is 8.05. The summed E-state index contributed by atoms with van der Waals surface area (Å²) in [5.41, 5.74) is 0.521. The van der Waals surface area contributed by atoms with E-state index >= 15 is 0 Å². The van der Waals surface area contributed by atoms with Crippen LogP contribution in [0, 0.1) is 5.82 Å². The number of thioether (sulfide) groups is 1. The maximum Gasteiger partial charge on any atom is 0.230 e. The van der Waals surface area contributed by atoms with Crippen LogP contribution in [0.15, 0.2) is 29.4 Å². The zero-order valence-corrected chi connectivity index (χ0v) is 13.3. The molecule has 0 aliphatic carbocycles. The smallest absolute Gasteiger partial charge is 0.230 e. The molecule has 1 aromatic carbocycles. The number of halogens is 1. The van der Waals surface area contributed by atoms with Gasteiger partial charge in [0.2, 0.25) is 11.1 Å². The summed E-state index contributed by atoms with van der Waals surface area (Å²) in [7, 11) is 0. The predicted molar refractivity (Wildman–Crippen MR) is 82.3 cm³/mol. The summed E-state index contributed by atoms with van der Waals surface area (Å²) >= 11 is 1.21. The summed E-state index contributed by atoms with van der Waals surface area (Å²) in [4.78, 5) is 11.9. The molecule has 2 aromatic rings. The average Bonchev–Trinajstić information content (AvgIpc) is 2.93. The minimum absolute atomic E-state index is 0.0697. The number of nitrogens with one attached hydrogen (secondary N) is 1. The van der Waals surface area contributed by atoms with E-state index in [-0.39, 0.29) is 23.5 Å². The molecular weight excluding hydrogens is 305 g/mol. The van der Waals surface area contributed by atoms with Crippen molar-refractivity contribution < 1.29 is 9.18 Å². The number of nitrogens with zero attached hydrogens (tertiary/aromatic N) is 4. The Kier molecular flexibility index (Phi) is 5.88. The number of hydrogen-bond donors (Lipinski definition) is 1. The van der Waals surface area contributed by atoms with Crippen molar-refractivity contribution in [3.8, 4) is 5.69 Å². The van der Waals surface area contributed by atoms with Crippen LogP contribution >= 0.6 is 11.8 Å². The van der Waals surface area contributed by atoms with Gasteiger partial charge in [-0.15, -0.1) is 5.10 Å². The van der Waals surface area contributed by atoms with E-state index in [0.717, 1.165) is 12.8 Å². The van der Waals surface area contributed by atoms with Gasteiger partial charge in [-0.05, 0) is 42.0 Å². The van der Waals surface area contributed by atoms with Gasteiger partial charge in [-0.25, -0.2) is 4.39 Å². The second kappa shape index (κ2) is 7.88. The number of hydrogen-bond acceptors (Lipinski definition) is 5. The number of benzene rings is 1. The van der Waals surface area contributed by atoms with Gasteiger partial charge in [-0.1, -0.05) is 31.2 Å². The van der Waals surface area contributed by atoms with E-state index in [2.05, 4.69) is 27.8 Å². The van der Waals surface area contributed by atoms with Crippen molar-refractivity contribution in [2.24, 2.45) is 0 Å². The van der Waals surface area contributed by atoms with Crippen LogP contribution in [0.3, 0.4) is 0 Å². The summed E-state index contributed by atoms with van der Waals surface area (Å²) < 4.78 is 14.7. The number of carbonyl (C=O) groups is 1. The van der Waals surface area contributed by atoms with Gasteiger partial charge >= 0.3 is 0 Å². The Balaban J connectivity index is 1.97. The largest absolute Gasteiger partial charge is 0.353 e. The summed E-state index contributed by atoms with van der Waals surface area (Å²) in [5, 5.41) is 14.7. The Morgan fingerprint density at radius 2 is 2.32 bits per heavy atom. The van der Waals surface area contributed by atoms with Gasteiger partial charge in [-0.3, -0.25) is 4.79 Å². The van der Waals surface area contributed by atoms with Crippen molar-refractivity contribution in [2.75, 3.05) is 5.75 Å². The number of tetrazole rings is 1. The van der Waals surface area contributed by atoms with Crippen LogP contribution in [0.5, 0.6) is 0 Å². The van der Waals surface area contributed by atoms with Crippen LogP contribution in [0.1, 0.15) is 26.7 Å². The molecule has 1 amide bonds. The molecule has 0 saturated carbocycles. The fourth-order valence-corrected chi connectivity index (χ4v) is 2.69. The third-order valence-corrected chi connectivity index (χ3v) is 3.87. The monoisotopic (exact) mass is 323 g/mol. The second-order valence-electron chi connectivity index (χ2n) is 4.90. The van der Waals surface area contributed by atoms with E-state index in [1.54, 1.807) is 12.1 Å². The minimum atomic E-state index is -0.366. The molecule has 1 unspecified atom stereocenters. The quantitative estimate of drug-likeness (QED) is 0.791. The van der Waals surface area contributed by atoms with Gasteiger partial charge < -0.3 is 5.32 Å². The maximum absolute atomic E-state index is 13.3. The van der Waals surface area contributed by atoms with Crippen LogP contribution in [0.4, 0.5) is 4.39 Å². The van der Waals surface area contributed by atoms with Crippen LogP contribution in [0.2, 0.25) is 0 Å². The lowest BCUT2D eigenvalue weighted by Gasteiger charge is -2.12. The Morgan fingerprint density at radius 3 is 3.05 bits per heavy atom. The highest BCUT2D eigenvalue weighted by Crippen LogP contribution is 2.18. The average molecular weight is 323 g/mol. The number of aromatic nitrogens is 4. The molecule has 0 saturated heterocycles. The molecule has 0 aliphatic heterocycles. The normalized spacial score (nSPS) is 12.1. The molecule has 0 spiro atoms. The standard InChI is InChI=1S/C14H18FN5OS/c1-3-5-10(2)16-13(21)9-22-14-17-18-19-20(14)12-7-4-6-11(15)8-12/h4,6-8,10H,3,5,9H2,1-2H3,(H,16,21). The third-order valence-electron chi connectivity index (χ3n) is 2.96. The Labute approximate surface area is 132 Å². The summed E-state index contributed by atoms with van der Waals surface area (Å²) in [5.74, 6) is -0.223. The number of amides is 1. The minimum Gasteiger partial charge on any atom is -0.353 e. The second-order valence-corrected chi connectivity index (χ2v) is 5.84. The van der Waals surface area contributed by atoms with Crippen LogP contribution in [-0.2, 0) is 4.79 Å². The van der Waals surface area contributed by atoms with E-state index in [0.29, 0.717) is 10.8 Å². The van der Waals surface area contributed by atoms with E-state index in [9.17, 15) is 9.18 Å². The molecule has 0 bridgehead atoms. The molecule has 0 fully saturated rings. The molecule has 0 aliphatic rings. The molecule has 1 aromatic heterocycles. The molecule has 2 rings (SSSR count). The lowest BCUT2D eigenvalue weighted by molar-refractivity contribution is -0.119. The lowest BCUT2D eigenvalue weighted by Crippen LogP contribution is -2.33. The highest BCUT2D eigenvalue weighted by molar-refractivity contribution is 7.99. The SMILES string of the molecule is CCCC(C)NC(=O)CSc1nnnn1-c1cccc(F)c1. The first-order chi connectivity index (χ1) is 10.6. The Bertz CT molecular complexity index is 633. The van der Waals surface area contributed by atoms with E-state index in [1.807, 2.05) is 6.92 Å². The van der Waals surface area contributed by atoms with Gasteiger partial charge in [0.05, 0.1) is 11.4 Å². The van der Waals surface area contributed by atoms with Crippen molar-refractivity contribution >= 4 is 17.7 Å². The molecule has 0 radical (unpaired) electrons. The topological polar surface area (TPSA) is 72.7 Å². The predicted octanol–water partition coefficient (Wildman–Crippen LogP) is 2.20. The van der Waals surface area contributed by atoms with Gasteiger partial charge in [0.25, 0.3) is 0 Å². The Morgan fingerprint density at radius 1 is 1.50 bits per heavy atom. The summed E-state index contributed by atoms with van der Waals surface area (Å²) in [6.45, 7) is 4.05. The van der Waals surface area contributed by atoms with Crippen molar-refractivity contribution in [3.05, 3.63) is 30.1 Å². The van der Waals surface area contributed by atoms with Crippen molar-refractivity contribution in [2.45, 2.75) is 37.9 Å². The van der Waals surface area contributed by atoms with Gasteiger partial charge in [-0.2, -0.15) is 4.68 Å². The zero-order valence-electron chi connectivity index (χ0n) is 12.5. The Hall–Kier alpha value is -1.96. The number of rotatable bonds is 7. The molecular formula is C14H18FN5OS. The lowest BCUT2D eigenvalue weighted by atomic mass is 10.2. The van der Waals surface area contributed by atoms with E-state index < -0.39 is 0 Å². The van der Waals surface area contributed by atoms with Gasteiger partial charge in [0.15, 0.2) is 0 Å².